The summed E-state index contributed by atoms with van der Waals surface area (Å²) in [6.45, 7) is 4.59. The maximum Gasteiger partial charge on any atom is 0.222 e. The van der Waals surface area contributed by atoms with E-state index in [1.165, 1.54) is 0 Å². The normalized spacial score (nSPS) is 18.0. The van der Waals surface area contributed by atoms with Crippen molar-refractivity contribution in [2.24, 2.45) is 5.92 Å². The highest BCUT2D eigenvalue weighted by Crippen LogP contribution is 2.18. The number of hydrogen-bond acceptors (Lipinski definition) is 4. The van der Waals surface area contributed by atoms with Crippen molar-refractivity contribution in [1.29, 1.82) is 0 Å². The van der Waals surface area contributed by atoms with Crippen LogP contribution in [-0.2, 0) is 4.79 Å². The number of aliphatic hydroxyl groups excluding tert-OH is 1. The van der Waals surface area contributed by atoms with E-state index in [4.69, 9.17) is 4.74 Å². The molecule has 2 N–H and O–H groups in total. The fourth-order valence-corrected chi connectivity index (χ4v) is 2.83. The Morgan fingerprint density at radius 2 is 2.18 bits per heavy atom. The summed E-state index contributed by atoms with van der Waals surface area (Å²) in [5.41, 5.74) is 1.14. The number of likely N-dealkylation sites (tertiary alicyclic amines) is 1. The van der Waals surface area contributed by atoms with Crippen LogP contribution < -0.4 is 10.1 Å². The number of rotatable bonds is 6. The van der Waals surface area contributed by atoms with Gasteiger partial charge in [0.1, 0.15) is 18.5 Å². The molecule has 2 rings (SSSR count). The molecule has 1 fully saturated rings. The average molecular weight is 306 g/mol. The van der Waals surface area contributed by atoms with Crippen molar-refractivity contribution in [3.8, 4) is 5.75 Å². The molecule has 1 amide bonds. The van der Waals surface area contributed by atoms with E-state index < -0.39 is 6.10 Å². The van der Waals surface area contributed by atoms with E-state index >= 15 is 0 Å². The second-order valence-electron chi connectivity index (χ2n) is 5.97. The predicted molar refractivity (Wildman–Crippen MR) is 85.9 cm³/mol. The van der Waals surface area contributed by atoms with Crippen LogP contribution in [0.3, 0.4) is 0 Å². The summed E-state index contributed by atoms with van der Waals surface area (Å²) < 4.78 is 5.63. The molecule has 1 atom stereocenters. The zero-order valence-electron chi connectivity index (χ0n) is 13.4. The van der Waals surface area contributed by atoms with Crippen LogP contribution >= 0.6 is 0 Å². The maximum absolute atomic E-state index is 11.6. The molecular weight excluding hydrogens is 280 g/mol. The van der Waals surface area contributed by atoms with Gasteiger partial charge in [-0.2, -0.15) is 0 Å². The SMILES string of the molecule is CNC(=O)C1CCN(CC(O)COc2cccc(C)c2)CC1. The molecule has 22 heavy (non-hydrogen) atoms. The number of β-amino-alcohol motifs (C(OH)–C–C–N with tert-alkyl or cyclic N) is 1. The van der Waals surface area contributed by atoms with Crippen LogP contribution in [0.15, 0.2) is 24.3 Å². The molecule has 1 heterocycles. The monoisotopic (exact) mass is 306 g/mol. The Morgan fingerprint density at radius 1 is 1.45 bits per heavy atom. The molecule has 5 nitrogen and oxygen atoms in total. The van der Waals surface area contributed by atoms with Gasteiger partial charge in [-0.1, -0.05) is 12.1 Å². The number of piperidine rings is 1. The van der Waals surface area contributed by atoms with Gasteiger partial charge in [-0.3, -0.25) is 4.79 Å². The first-order valence-corrected chi connectivity index (χ1v) is 7.90. The van der Waals surface area contributed by atoms with E-state index in [1.54, 1.807) is 7.05 Å². The molecule has 1 unspecified atom stereocenters. The zero-order valence-corrected chi connectivity index (χ0v) is 13.4. The van der Waals surface area contributed by atoms with Crippen molar-refractivity contribution >= 4 is 5.91 Å². The van der Waals surface area contributed by atoms with Gasteiger partial charge in [-0.05, 0) is 50.6 Å². The number of ether oxygens (including phenoxy) is 1. The fraction of sp³-hybridized carbons (Fsp3) is 0.588. The minimum absolute atomic E-state index is 0.113. The molecule has 0 aromatic heterocycles. The Labute approximate surface area is 132 Å². The number of carbonyl (C=O) groups is 1. The quantitative estimate of drug-likeness (QED) is 0.829. The predicted octanol–water partition coefficient (Wildman–Crippen LogP) is 1.19. The van der Waals surface area contributed by atoms with E-state index in [0.717, 1.165) is 37.2 Å². The summed E-state index contributed by atoms with van der Waals surface area (Å²) in [5.74, 6) is 1.03. The average Bonchev–Trinajstić information content (AvgIpc) is 2.53. The molecule has 122 valence electrons. The fourth-order valence-electron chi connectivity index (χ4n) is 2.83. The number of nitrogens with one attached hydrogen (secondary N) is 1. The molecule has 0 aliphatic carbocycles. The molecule has 0 bridgehead atoms. The van der Waals surface area contributed by atoms with Gasteiger partial charge in [0.05, 0.1) is 0 Å². The highest BCUT2D eigenvalue weighted by molar-refractivity contribution is 5.78. The topological polar surface area (TPSA) is 61.8 Å². The van der Waals surface area contributed by atoms with Crippen LogP contribution in [0.4, 0.5) is 0 Å². The summed E-state index contributed by atoms with van der Waals surface area (Å²) in [7, 11) is 1.68. The molecule has 1 aliphatic heterocycles. The van der Waals surface area contributed by atoms with Gasteiger partial charge in [0.15, 0.2) is 0 Å². The zero-order chi connectivity index (χ0) is 15.9. The minimum atomic E-state index is -0.517. The second-order valence-corrected chi connectivity index (χ2v) is 5.97. The van der Waals surface area contributed by atoms with Crippen LogP contribution in [0.2, 0.25) is 0 Å². The highest BCUT2D eigenvalue weighted by atomic mass is 16.5. The van der Waals surface area contributed by atoms with Crippen LogP contribution in [0.5, 0.6) is 5.75 Å². The smallest absolute Gasteiger partial charge is 0.222 e. The second kappa shape index (κ2) is 8.15. The van der Waals surface area contributed by atoms with E-state index in [9.17, 15) is 9.90 Å². The van der Waals surface area contributed by atoms with Gasteiger partial charge in [-0.15, -0.1) is 0 Å². The molecule has 0 saturated carbocycles. The van der Waals surface area contributed by atoms with E-state index in [0.29, 0.717) is 13.2 Å². The first-order chi connectivity index (χ1) is 10.6. The lowest BCUT2D eigenvalue weighted by molar-refractivity contribution is -0.126. The van der Waals surface area contributed by atoms with Crippen molar-refractivity contribution in [3.05, 3.63) is 29.8 Å². The van der Waals surface area contributed by atoms with Crippen LogP contribution in [0.1, 0.15) is 18.4 Å². The van der Waals surface area contributed by atoms with Gasteiger partial charge >= 0.3 is 0 Å². The molecular formula is C17H26N2O3. The highest BCUT2D eigenvalue weighted by Gasteiger charge is 2.25. The van der Waals surface area contributed by atoms with Gasteiger partial charge in [-0.25, -0.2) is 0 Å². The molecule has 1 aromatic rings. The lowest BCUT2D eigenvalue weighted by Gasteiger charge is -2.32. The number of aliphatic hydroxyl groups is 1. The van der Waals surface area contributed by atoms with Gasteiger partial charge in [0.25, 0.3) is 0 Å². The Hall–Kier alpha value is -1.59. The molecule has 5 heteroatoms. The van der Waals surface area contributed by atoms with Crippen molar-refractivity contribution < 1.29 is 14.6 Å². The Bertz CT molecular complexity index is 485. The third kappa shape index (κ3) is 5.00. The molecule has 1 aromatic carbocycles. The van der Waals surface area contributed by atoms with Crippen molar-refractivity contribution in [2.45, 2.75) is 25.9 Å². The van der Waals surface area contributed by atoms with E-state index in [-0.39, 0.29) is 11.8 Å². The molecule has 1 saturated heterocycles. The van der Waals surface area contributed by atoms with E-state index in [1.807, 2.05) is 31.2 Å². The standard InChI is InChI=1S/C17H26N2O3/c1-13-4-3-5-16(10-13)22-12-15(20)11-19-8-6-14(7-9-19)17(21)18-2/h3-5,10,14-15,20H,6-9,11-12H2,1-2H3,(H,18,21). The summed E-state index contributed by atoms with van der Waals surface area (Å²) in [5, 5.41) is 12.8. The summed E-state index contributed by atoms with van der Waals surface area (Å²) in [6, 6.07) is 7.82. The van der Waals surface area contributed by atoms with Crippen LogP contribution in [0, 0.1) is 12.8 Å². The number of carbonyl (C=O) groups excluding carboxylic acids is 1. The maximum atomic E-state index is 11.6. The summed E-state index contributed by atoms with van der Waals surface area (Å²) in [4.78, 5) is 13.8. The third-order valence-electron chi connectivity index (χ3n) is 4.11. The molecule has 0 radical (unpaired) electrons. The third-order valence-corrected chi connectivity index (χ3v) is 4.11. The molecule has 0 spiro atoms. The number of hydrogen-bond donors (Lipinski definition) is 2. The van der Waals surface area contributed by atoms with Crippen molar-refractivity contribution in [1.82, 2.24) is 10.2 Å². The molecule has 1 aliphatic rings. The lowest BCUT2D eigenvalue weighted by atomic mass is 9.96. The Balaban J connectivity index is 1.70. The van der Waals surface area contributed by atoms with Crippen molar-refractivity contribution in [3.63, 3.8) is 0 Å². The first kappa shape index (κ1) is 16.8. The first-order valence-electron chi connectivity index (χ1n) is 7.90. The van der Waals surface area contributed by atoms with Gasteiger partial charge in [0, 0.05) is 19.5 Å². The van der Waals surface area contributed by atoms with Crippen molar-refractivity contribution in [2.75, 3.05) is 33.3 Å². The van der Waals surface area contributed by atoms with Crippen LogP contribution in [0.25, 0.3) is 0 Å². The largest absolute Gasteiger partial charge is 0.491 e. The number of nitrogens with zero attached hydrogens (tertiary/aromatic N) is 1. The number of aryl methyl sites for hydroxylation is 1. The number of benzene rings is 1. The number of amides is 1. The van der Waals surface area contributed by atoms with E-state index in [2.05, 4.69) is 10.2 Å². The minimum Gasteiger partial charge on any atom is -0.491 e. The van der Waals surface area contributed by atoms with Crippen LogP contribution in [-0.4, -0.2) is 55.3 Å². The van der Waals surface area contributed by atoms with Gasteiger partial charge < -0.3 is 20.1 Å². The summed E-state index contributed by atoms with van der Waals surface area (Å²) >= 11 is 0. The summed E-state index contributed by atoms with van der Waals surface area (Å²) in [6.07, 6.45) is 1.19. The van der Waals surface area contributed by atoms with Gasteiger partial charge in [0.2, 0.25) is 5.91 Å². The Morgan fingerprint density at radius 3 is 2.82 bits per heavy atom. The Kier molecular flexibility index (Phi) is 6.21. The lowest BCUT2D eigenvalue weighted by Crippen LogP contribution is -2.43.